The van der Waals surface area contributed by atoms with Crippen LogP contribution in [0.3, 0.4) is 0 Å². The van der Waals surface area contributed by atoms with Gasteiger partial charge in [0.1, 0.15) is 6.29 Å². The number of unbranched alkanes of at least 4 members (excludes halogenated alkanes) is 1. The molecule has 1 aromatic carbocycles. The molecule has 0 radical (unpaired) electrons. The van der Waals surface area contributed by atoms with Crippen LogP contribution in [0.5, 0.6) is 0 Å². The summed E-state index contributed by atoms with van der Waals surface area (Å²) in [5, 5.41) is 1.24. The van der Waals surface area contributed by atoms with E-state index in [0.29, 0.717) is 6.42 Å². The number of carbonyl (C=O) groups is 1. The van der Waals surface area contributed by atoms with Crippen molar-refractivity contribution < 1.29 is 4.79 Å². The fourth-order valence-electron chi connectivity index (χ4n) is 1.73. The van der Waals surface area contributed by atoms with E-state index >= 15 is 0 Å². The van der Waals surface area contributed by atoms with E-state index in [1.54, 1.807) is 0 Å². The minimum atomic E-state index is 0.650. The summed E-state index contributed by atoms with van der Waals surface area (Å²) in [5.41, 5.74) is 2.51. The summed E-state index contributed by atoms with van der Waals surface area (Å²) in [4.78, 5) is 13.4. The zero-order valence-electron chi connectivity index (χ0n) is 7.99. The Kier molecular flexibility index (Phi) is 2.63. The molecule has 0 bridgehead atoms. The summed E-state index contributed by atoms with van der Waals surface area (Å²) >= 11 is 0. The minimum Gasteiger partial charge on any atom is -0.361 e. The van der Waals surface area contributed by atoms with Crippen LogP contribution in [0.15, 0.2) is 30.5 Å². The molecule has 0 unspecified atom stereocenters. The van der Waals surface area contributed by atoms with Crippen LogP contribution in [0, 0.1) is 0 Å². The van der Waals surface area contributed by atoms with E-state index in [4.69, 9.17) is 0 Å². The molecular formula is C12H13NO. The van der Waals surface area contributed by atoms with Crippen LogP contribution in [0.1, 0.15) is 18.4 Å². The second-order valence-corrected chi connectivity index (χ2v) is 3.42. The molecule has 1 heterocycles. The van der Waals surface area contributed by atoms with Crippen molar-refractivity contribution in [2.45, 2.75) is 19.3 Å². The third-order valence-electron chi connectivity index (χ3n) is 2.44. The van der Waals surface area contributed by atoms with Gasteiger partial charge in [-0.3, -0.25) is 0 Å². The molecule has 1 aromatic heterocycles. The summed E-state index contributed by atoms with van der Waals surface area (Å²) < 4.78 is 0. The monoisotopic (exact) mass is 187 g/mol. The minimum absolute atomic E-state index is 0.650. The number of para-hydroxylation sites is 1. The molecule has 2 nitrogen and oxygen atoms in total. The third kappa shape index (κ3) is 1.69. The van der Waals surface area contributed by atoms with Crippen molar-refractivity contribution in [1.29, 1.82) is 0 Å². The van der Waals surface area contributed by atoms with E-state index in [2.05, 4.69) is 29.2 Å². The first-order chi connectivity index (χ1) is 6.92. The van der Waals surface area contributed by atoms with Crippen LogP contribution in [0.25, 0.3) is 10.9 Å². The van der Waals surface area contributed by atoms with Crippen LogP contribution < -0.4 is 0 Å². The van der Waals surface area contributed by atoms with Gasteiger partial charge in [-0.25, -0.2) is 0 Å². The number of nitrogens with one attached hydrogen (secondary N) is 1. The normalized spacial score (nSPS) is 10.6. The van der Waals surface area contributed by atoms with E-state index < -0.39 is 0 Å². The Morgan fingerprint density at radius 3 is 3.07 bits per heavy atom. The highest BCUT2D eigenvalue weighted by Gasteiger charge is 2.00. The van der Waals surface area contributed by atoms with Gasteiger partial charge in [-0.05, 0) is 29.9 Å². The van der Waals surface area contributed by atoms with Crippen molar-refractivity contribution >= 4 is 17.2 Å². The maximum Gasteiger partial charge on any atom is 0.120 e. The first-order valence-corrected chi connectivity index (χ1v) is 4.90. The highest BCUT2D eigenvalue weighted by Crippen LogP contribution is 2.18. The van der Waals surface area contributed by atoms with E-state index in [0.717, 1.165) is 19.1 Å². The standard InChI is InChI=1S/C12H13NO/c14-9-2-1-4-10-5-3-6-11-7-8-13-12(10)11/h3,5-9,13H,1-2,4H2. The molecule has 0 spiro atoms. The van der Waals surface area contributed by atoms with Crippen molar-refractivity contribution in [3.05, 3.63) is 36.0 Å². The second kappa shape index (κ2) is 4.09. The van der Waals surface area contributed by atoms with Crippen molar-refractivity contribution in [3.8, 4) is 0 Å². The highest BCUT2D eigenvalue weighted by atomic mass is 16.1. The maximum atomic E-state index is 10.2. The Hall–Kier alpha value is -1.57. The lowest BCUT2D eigenvalue weighted by Gasteiger charge is -2.00. The first-order valence-electron chi connectivity index (χ1n) is 4.90. The maximum absolute atomic E-state index is 10.2. The van der Waals surface area contributed by atoms with Crippen LogP contribution in [-0.4, -0.2) is 11.3 Å². The Labute approximate surface area is 82.9 Å². The zero-order chi connectivity index (χ0) is 9.80. The Morgan fingerprint density at radius 2 is 2.21 bits per heavy atom. The quantitative estimate of drug-likeness (QED) is 0.579. The number of aryl methyl sites for hydroxylation is 1. The van der Waals surface area contributed by atoms with Crippen LogP contribution in [0.2, 0.25) is 0 Å². The van der Waals surface area contributed by atoms with Crippen LogP contribution >= 0.6 is 0 Å². The zero-order valence-corrected chi connectivity index (χ0v) is 7.99. The molecule has 2 heteroatoms. The number of hydrogen-bond donors (Lipinski definition) is 1. The Morgan fingerprint density at radius 1 is 1.29 bits per heavy atom. The summed E-state index contributed by atoms with van der Waals surface area (Å²) in [5.74, 6) is 0. The van der Waals surface area contributed by atoms with Gasteiger partial charge in [-0.2, -0.15) is 0 Å². The molecule has 0 aliphatic rings. The third-order valence-corrected chi connectivity index (χ3v) is 2.44. The molecule has 0 saturated carbocycles. The lowest BCUT2D eigenvalue weighted by atomic mass is 10.1. The topological polar surface area (TPSA) is 32.9 Å². The number of rotatable bonds is 4. The number of carbonyl (C=O) groups excluding carboxylic acids is 1. The number of benzene rings is 1. The number of hydrogen-bond acceptors (Lipinski definition) is 1. The van der Waals surface area contributed by atoms with E-state index in [1.807, 2.05) is 6.20 Å². The number of aldehydes is 1. The molecule has 14 heavy (non-hydrogen) atoms. The number of fused-ring (bicyclic) bond motifs is 1. The van der Waals surface area contributed by atoms with Crippen LogP contribution in [-0.2, 0) is 11.2 Å². The van der Waals surface area contributed by atoms with E-state index in [-0.39, 0.29) is 0 Å². The fourth-order valence-corrected chi connectivity index (χ4v) is 1.73. The number of aromatic amines is 1. The van der Waals surface area contributed by atoms with Crippen LogP contribution in [0.4, 0.5) is 0 Å². The lowest BCUT2D eigenvalue weighted by Crippen LogP contribution is -1.87. The number of H-pyrrole nitrogens is 1. The average molecular weight is 187 g/mol. The average Bonchev–Trinajstić information content (AvgIpc) is 2.67. The fraction of sp³-hybridized carbons (Fsp3) is 0.250. The molecule has 1 N–H and O–H groups in total. The molecule has 0 aliphatic carbocycles. The molecule has 0 atom stereocenters. The molecule has 0 amide bonds. The van der Waals surface area contributed by atoms with Gasteiger partial charge >= 0.3 is 0 Å². The van der Waals surface area contributed by atoms with Gasteiger partial charge in [0.05, 0.1) is 0 Å². The molecular weight excluding hydrogens is 174 g/mol. The van der Waals surface area contributed by atoms with Gasteiger partial charge in [0.2, 0.25) is 0 Å². The van der Waals surface area contributed by atoms with E-state index in [1.165, 1.54) is 16.5 Å². The van der Waals surface area contributed by atoms with Gasteiger partial charge in [0.25, 0.3) is 0 Å². The van der Waals surface area contributed by atoms with E-state index in [9.17, 15) is 4.79 Å². The number of aromatic nitrogens is 1. The SMILES string of the molecule is O=CCCCc1cccc2cc[nH]c12. The van der Waals surface area contributed by atoms with Crippen molar-refractivity contribution in [1.82, 2.24) is 4.98 Å². The summed E-state index contributed by atoms with van der Waals surface area (Å²) in [6, 6.07) is 8.34. The van der Waals surface area contributed by atoms with Gasteiger partial charge < -0.3 is 9.78 Å². The van der Waals surface area contributed by atoms with Gasteiger partial charge in [-0.15, -0.1) is 0 Å². The Balaban J connectivity index is 2.23. The summed E-state index contributed by atoms with van der Waals surface area (Å²) in [6.07, 6.45) is 5.48. The predicted molar refractivity (Wildman–Crippen MR) is 57.3 cm³/mol. The molecule has 2 rings (SSSR count). The highest BCUT2D eigenvalue weighted by molar-refractivity contribution is 5.82. The Bertz CT molecular complexity index is 431. The summed E-state index contributed by atoms with van der Waals surface area (Å²) in [7, 11) is 0. The first kappa shape index (κ1) is 9.00. The predicted octanol–water partition coefficient (Wildman–Crippen LogP) is 2.69. The van der Waals surface area contributed by atoms with Gasteiger partial charge in [0, 0.05) is 18.1 Å². The molecule has 0 saturated heterocycles. The van der Waals surface area contributed by atoms with Crippen molar-refractivity contribution in [2.24, 2.45) is 0 Å². The van der Waals surface area contributed by atoms with Gasteiger partial charge in [0.15, 0.2) is 0 Å². The largest absolute Gasteiger partial charge is 0.361 e. The molecule has 72 valence electrons. The molecule has 0 fully saturated rings. The molecule has 2 aromatic rings. The summed E-state index contributed by atoms with van der Waals surface area (Å²) in [6.45, 7) is 0. The van der Waals surface area contributed by atoms with Crippen molar-refractivity contribution in [2.75, 3.05) is 0 Å². The van der Waals surface area contributed by atoms with Crippen molar-refractivity contribution in [3.63, 3.8) is 0 Å². The smallest absolute Gasteiger partial charge is 0.120 e. The lowest BCUT2D eigenvalue weighted by molar-refractivity contribution is -0.107. The second-order valence-electron chi connectivity index (χ2n) is 3.42. The van der Waals surface area contributed by atoms with Gasteiger partial charge in [-0.1, -0.05) is 18.2 Å². The molecule has 0 aliphatic heterocycles.